The van der Waals surface area contributed by atoms with Crippen LogP contribution in [0, 0.1) is 0 Å². The van der Waals surface area contributed by atoms with Crippen LogP contribution in [0.2, 0.25) is 0 Å². The molecule has 2 aromatic rings. The van der Waals surface area contributed by atoms with Crippen molar-refractivity contribution in [1.29, 1.82) is 0 Å². The summed E-state index contributed by atoms with van der Waals surface area (Å²) >= 11 is 0. The minimum Gasteiger partial charge on any atom is -0.383 e. The number of anilines is 1. The molecule has 0 fully saturated rings. The van der Waals surface area contributed by atoms with Crippen molar-refractivity contribution in [2.75, 3.05) is 32.1 Å². The summed E-state index contributed by atoms with van der Waals surface area (Å²) in [4.78, 5) is 23.9. The molecule has 0 spiro atoms. The van der Waals surface area contributed by atoms with E-state index in [4.69, 9.17) is 4.74 Å². The number of nitrogens with zero attached hydrogens (tertiary/aromatic N) is 1. The zero-order chi connectivity index (χ0) is 22.4. The minimum atomic E-state index is -3.85. The first-order valence-electron chi connectivity index (χ1n) is 10.1. The Kier molecular flexibility index (Phi) is 7.42. The third-order valence-corrected chi connectivity index (χ3v) is 7.07. The Bertz CT molecular complexity index is 1040. The Morgan fingerprint density at radius 3 is 2.52 bits per heavy atom. The highest BCUT2D eigenvalue weighted by Gasteiger charge is 2.37. The van der Waals surface area contributed by atoms with Gasteiger partial charge in [0.05, 0.1) is 17.5 Å². The third kappa shape index (κ3) is 5.49. The summed E-state index contributed by atoms with van der Waals surface area (Å²) in [6.45, 7) is 2.41. The Labute approximate surface area is 182 Å². The topological polar surface area (TPSA) is 105 Å². The number of carbonyl (C=O) groups excluding carboxylic acids is 2. The van der Waals surface area contributed by atoms with Crippen LogP contribution in [0.5, 0.6) is 0 Å². The van der Waals surface area contributed by atoms with E-state index < -0.39 is 16.1 Å². The fourth-order valence-corrected chi connectivity index (χ4v) is 5.32. The third-order valence-electron chi connectivity index (χ3n) is 5.15. The van der Waals surface area contributed by atoms with Gasteiger partial charge in [-0.15, -0.1) is 0 Å². The van der Waals surface area contributed by atoms with Crippen LogP contribution in [-0.2, 0) is 30.8 Å². The fourth-order valence-electron chi connectivity index (χ4n) is 3.72. The van der Waals surface area contributed by atoms with E-state index in [2.05, 4.69) is 10.6 Å². The predicted octanol–water partition coefficient (Wildman–Crippen LogP) is 2.09. The van der Waals surface area contributed by atoms with Crippen molar-refractivity contribution in [3.8, 4) is 0 Å². The molecule has 0 bridgehead atoms. The van der Waals surface area contributed by atoms with Gasteiger partial charge in [-0.25, -0.2) is 8.42 Å². The highest BCUT2D eigenvalue weighted by Crippen LogP contribution is 2.36. The van der Waals surface area contributed by atoms with Crippen LogP contribution in [0.15, 0.2) is 53.4 Å². The number of benzene rings is 2. The number of ether oxygens (including phenoxy) is 1. The second-order valence-corrected chi connectivity index (χ2v) is 9.22. The van der Waals surface area contributed by atoms with Crippen LogP contribution < -0.4 is 10.6 Å². The molecule has 0 unspecified atom stereocenters. The van der Waals surface area contributed by atoms with E-state index >= 15 is 0 Å². The van der Waals surface area contributed by atoms with Crippen LogP contribution in [-0.4, -0.2) is 51.3 Å². The van der Waals surface area contributed by atoms with Crippen molar-refractivity contribution in [2.24, 2.45) is 0 Å². The molecule has 1 atom stereocenters. The fraction of sp³-hybridized carbons (Fsp3) is 0.364. The second kappa shape index (κ2) is 10.0. The van der Waals surface area contributed by atoms with E-state index in [1.54, 1.807) is 19.2 Å². The van der Waals surface area contributed by atoms with E-state index in [1.165, 1.54) is 23.4 Å². The van der Waals surface area contributed by atoms with Crippen molar-refractivity contribution >= 4 is 27.5 Å². The Hall–Kier alpha value is -2.75. The molecule has 9 heteroatoms. The molecule has 2 amide bonds. The van der Waals surface area contributed by atoms with Gasteiger partial charge in [0.1, 0.15) is 0 Å². The van der Waals surface area contributed by atoms with Gasteiger partial charge in [0.15, 0.2) is 0 Å². The van der Waals surface area contributed by atoms with Gasteiger partial charge in [-0.05, 0) is 41.8 Å². The average Bonchev–Trinajstić information content (AvgIpc) is 2.74. The first kappa shape index (κ1) is 22.9. The lowest BCUT2D eigenvalue weighted by atomic mass is 9.92. The molecule has 31 heavy (non-hydrogen) atoms. The van der Waals surface area contributed by atoms with Gasteiger partial charge in [0.25, 0.3) is 0 Å². The van der Waals surface area contributed by atoms with Gasteiger partial charge < -0.3 is 15.4 Å². The lowest BCUT2D eigenvalue weighted by Crippen LogP contribution is -2.42. The van der Waals surface area contributed by atoms with E-state index in [-0.39, 0.29) is 29.7 Å². The van der Waals surface area contributed by atoms with Gasteiger partial charge in [0, 0.05) is 39.2 Å². The molecule has 0 saturated heterocycles. The SMILES string of the molecule is COCCNC(=O)C[C@H]1c2ccccc2CCN1S(=O)(=O)c1ccc(NC(C)=O)cc1. The molecule has 8 nitrogen and oxygen atoms in total. The summed E-state index contributed by atoms with van der Waals surface area (Å²) in [5.41, 5.74) is 2.41. The van der Waals surface area contributed by atoms with Gasteiger partial charge in [-0.1, -0.05) is 24.3 Å². The monoisotopic (exact) mass is 445 g/mol. The van der Waals surface area contributed by atoms with Gasteiger partial charge in [0.2, 0.25) is 21.8 Å². The summed E-state index contributed by atoms with van der Waals surface area (Å²) in [7, 11) is -2.30. The normalized spacial score (nSPS) is 16.4. The molecule has 0 aromatic heterocycles. The Balaban J connectivity index is 1.89. The molecule has 1 aliphatic rings. The van der Waals surface area contributed by atoms with Gasteiger partial charge >= 0.3 is 0 Å². The first-order chi connectivity index (χ1) is 14.8. The smallest absolute Gasteiger partial charge is 0.243 e. The van der Waals surface area contributed by atoms with E-state index in [0.29, 0.717) is 25.3 Å². The highest BCUT2D eigenvalue weighted by molar-refractivity contribution is 7.89. The molecule has 1 aliphatic heterocycles. The summed E-state index contributed by atoms with van der Waals surface area (Å²) < 4.78 is 33.3. The van der Waals surface area contributed by atoms with Crippen molar-refractivity contribution in [3.63, 3.8) is 0 Å². The van der Waals surface area contributed by atoms with Crippen molar-refractivity contribution in [2.45, 2.75) is 30.7 Å². The number of hydrogen-bond donors (Lipinski definition) is 2. The Morgan fingerprint density at radius 1 is 1.13 bits per heavy atom. The number of sulfonamides is 1. The molecular formula is C22H27N3O5S. The minimum absolute atomic E-state index is 0.0178. The molecule has 0 aliphatic carbocycles. The zero-order valence-corrected chi connectivity index (χ0v) is 18.4. The molecule has 166 valence electrons. The largest absolute Gasteiger partial charge is 0.383 e. The number of hydrogen-bond acceptors (Lipinski definition) is 5. The number of methoxy groups -OCH3 is 1. The van der Waals surface area contributed by atoms with E-state index in [0.717, 1.165) is 11.1 Å². The lowest BCUT2D eigenvalue weighted by Gasteiger charge is -2.36. The molecule has 2 N–H and O–H groups in total. The maximum Gasteiger partial charge on any atom is 0.243 e. The van der Waals surface area contributed by atoms with Crippen LogP contribution in [0.4, 0.5) is 5.69 Å². The number of rotatable bonds is 8. The standard InChI is InChI=1S/C22H27N3O5S/c1-16(26)24-18-7-9-19(10-8-18)31(28,29)25-13-11-17-5-3-4-6-20(17)21(25)15-22(27)23-12-14-30-2/h3-10,21H,11-15H2,1-2H3,(H,23,27)(H,24,26)/t21-/m0/s1. The number of amides is 2. The van der Waals surface area contributed by atoms with Crippen molar-refractivity contribution < 1.29 is 22.7 Å². The van der Waals surface area contributed by atoms with Crippen LogP contribution in [0.25, 0.3) is 0 Å². The predicted molar refractivity (Wildman–Crippen MR) is 117 cm³/mol. The summed E-state index contributed by atoms with van der Waals surface area (Å²) in [5.74, 6) is -0.470. The molecule has 0 radical (unpaired) electrons. The first-order valence-corrected chi connectivity index (χ1v) is 11.5. The van der Waals surface area contributed by atoms with Crippen molar-refractivity contribution in [3.05, 3.63) is 59.7 Å². The Morgan fingerprint density at radius 2 is 1.84 bits per heavy atom. The highest BCUT2D eigenvalue weighted by atomic mass is 32.2. The number of fused-ring (bicyclic) bond motifs is 1. The lowest BCUT2D eigenvalue weighted by molar-refractivity contribution is -0.122. The maximum atomic E-state index is 13.5. The van der Waals surface area contributed by atoms with E-state index in [9.17, 15) is 18.0 Å². The van der Waals surface area contributed by atoms with Crippen LogP contribution >= 0.6 is 0 Å². The van der Waals surface area contributed by atoms with Crippen LogP contribution in [0.3, 0.4) is 0 Å². The maximum absolute atomic E-state index is 13.5. The zero-order valence-electron chi connectivity index (χ0n) is 17.6. The summed E-state index contributed by atoms with van der Waals surface area (Å²) in [6, 6.07) is 13.1. The number of nitrogens with one attached hydrogen (secondary N) is 2. The van der Waals surface area contributed by atoms with E-state index in [1.807, 2.05) is 24.3 Å². The average molecular weight is 446 g/mol. The van der Waals surface area contributed by atoms with Crippen LogP contribution in [0.1, 0.15) is 30.5 Å². The second-order valence-electron chi connectivity index (χ2n) is 7.33. The van der Waals surface area contributed by atoms with Gasteiger partial charge in [-0.3, -0.25) is 9.59 Å². The molecular weight excluding hydrogens is 418 g/mol. The summed E-state index contributed by atoms with van der Waals surface area (Å²) in [6.07, 6.45) is 0.588. The van der Waals surface area contributed by atoms with Crippen molar-refractivity contribution in [1.82, 2.24) is 9.62 Å². The quantitative estimate of drug-likeness (QED) is 0.606. The number of carbonyl (C=O) groups is 2. The van der Waals surface area contributed by atoms with Gasteiger partial charge in [-0.2, -0.15) is 4.31 Å². The molecule has 2 aromatic carbocycles. The molecule has 0 saturated carbocycles. The molecule has 3 rings (SSSR count). The molecule has 1 heterocycles. The summed E-state index contributed by atoms with van der Waals surface area (Å²) in [5, 5.41) is 5.40.